The maximum absolute atomic E-state index is 12.0. The summed E-state index contributed by atoms with van der Waals surface area (Å²) in [5.74, 6) is -0.633. The molecule has 0 aliphatic carbocycles. The molecule has 2 N–H and O–H groups in total. The zero-order chi connectivity index (χ0) is 14.7. The van der Waals surface area contributed by atoms with Crippen LogP contribution >= 0.6 is 0 Å². The molecule has 0 spiro atoms. The molecule has 0 unspecified atom stereocenters. The van der Waals surface area contributed by atoms with Crippen LogP contribution in [-0.2, 0) is 9.59 Å². The summed E-state index contributed by atoms with van der Waals surface area (Å²) in [4.78, 5) is 38.3. The molecule has 20 heavy (non-hydrogen) atoms. The van der Waals surface area contributed by atoms with Crippen molar-refractivity contribution in [2.24, 2.45) is 5.73 Å². The van der Waals surface area contributed by atoms with E-state index in [4.69, 9.17) is 5.73 Å². The molecule has 0 radical (unpaired) electrons. The van der Waals surface area contributed by atoms with Crippen LogP contribution in [-0.4, -0.2) is 49.2 Å². The minimum Gasteiger partial charge on any atom is -0.352 e. The lowest BCUT2D eigenvalue weighted by Crippen LogP contribution is -2.52. The number of hydrogen-bond acceptors (Lipinski definition) is 5. The van der Waals surface area contributed by atoms with Gasteiger partial charge in [0.1, 0.15) is 0 Å². The molecule has 2 amide bonds. The first kappa shape index (κ1) is 14.2. The fraction of sp³-hybridized carbons (Fsp3) is 0.357. The lowest BCUT2D eigenvalue weighted by Gasteiger charge is -2.32. The lowest BCUT2D eigenvalue weighted by molar-refractivity contribution is -0.143. The Hall–Kier alpha value is -2.21. The monoisotopic (exact) mass is 275 g/mol. The standard InChI is InChI=1S/C14H17N3O3/c1-16-13(19)8-17(9-14(16)20)11-5-3-2-4-10(11)12(18)6-7-15/h2-5H,6-9,15H2,1H3. The van der Waals surface area contributed by atoms with Gasteiger partial charge in [-0.1, -0.05) is 12.1 Å². The van der Waals surface area contributed by atoms with E-state index >= 15 is 0 Å². The van der Waals surface area contributed by atoms with Gasteiger partial charge in [0.15, 0.2) is 5.78 Å². The summed E-state index contributed by atoms with van der Waals surface area (Å²) >= 11 is 0. The zero-order valence-electron chi connectivity index (χ0n) is 11.3. The van der Waals surface area contributed by atoms with Crippen LogP contribution in [0.25, 0.3) is 0 Å². The van der Waals surface area contributed by atoms with E-state index in [-0.39, 0.29) is 43.7 Å². The van der Waals surface area contributed by atoms with E-state index in [1.807, 2.05) is 0 Å². The average molecular weight is 275 g/mol. The molecule has 0 atom stereocenters. The van der Waals surface area contributed by atoms with Gasteiger partial charge in [0.25, 0.3) is 0 Å². The van der Waals surface area contributed by atoms with Crippen molar-refractivity contribution in [2.45, 2.75) is 6.42 Å². The summed E-state index contributed by atoms with van der Waals surface area (Å²) in [7, 11) is 1.47. The Balaban J connectivity index is 2.31. The van der Waals surface area contributed by atoms with E-state index < -0.39 is 0 Å². The van der Waals surface area contributed by atoms with Crippen molar-refractivity contribution < 1.29 is 14.4 Å². The van der Waals surface area contributed by atoms with Crippen LogP contribution < -0.4 is 10.6 Å². The molecule has 1 aliphatic heterocycles. The number of rotatable bonds is 4. The largest absolute Gasteiger partial charge is 0.352 e. The lowest BCUT2D eigenvalue weighted by atomic mass is 10.0. The number of carbonyl (C=O) groups excluding carboxylic acids is 3. The molecule has 0 aromatic heterocycles. The number of amides is 2. The van der Waals surface area contributed by atoms with Crippen molar-refractivity contribution in [2.75, 3.05) is 31.6 Å². The highest BCUT2D eigenvalue weighted by atomic mass is 16.2. The number of piperazine rings is 1. The molecule has 1 heterocycles. The summed E-state index contributed by atoms with van der Waals surface area (Å²) in [5, 5.41) is 0. The van der Waals surface area contributed by atoms with Crippen molar-refractivity contribution in [3.63, 3.8) is 0 Å². The van der Waals surface area contributed by atoms with Crippen molar-refractivity contribution in [3.05, 3.63) is 29.8 Å². The summed E-state index contributed by atoms with van der Waals surface area (Å²) < 4.78 is 0. The highest BCUT2D eigenvalue weighted by Crippen LogP contribution is 2.23. The summed E-state index contributed by atoms with van der Waals surface area (Å²) in [6.07, 6.45) is 0.243. The first-order chi connectivity index (χ1) is 9.54. The molecular weight excluding hydrogens is 258 g/mol. The molecule has 106 valence electrons. The Kier molecular flexibility index (Phi) is 4.14. The van der Waals surface area contributed by atoms with Crippen LogP contribution in [0.3, 0.4) is 0 Å². The number of nitrogens with zero attached hydrogens (tertiary/aromatic N) is 2. The average Bonchev–Trinajstić information content (AvgIpc) is 2.44. The molecule has 6 heteroatoms. The molecule has 1 aromatic rings. The molecule has 2 rings (SSSR count). The van der Waals surface area contributed by atoms with Crippen LogP contribution in [0.15, 0.2) is 24.3 Å². The molecule has 1 fully saturated rings. The molecule has 6 nitrogen and oxygen atoms in total. The predicted molar refractivity (Wildman–Crippen MR) is 74.4 cm³/mol. The summed E-state index contributed by atoms with van der Waals surface area (Å²) in [6, 6.07) is 6.98. The zero-order valence-corrected chi connectivity index (χ0v) is 11.3. The third kappa shape index (κ3) is 2.70. The minimum absolute atomic E-state index is 0.0815. The number of Topliss-reactive ketones (excluding diaryl/α,β-unsaturated/α-hetero) is 1. The fourth-order valence-corrected chi connectivity index (χ4v) is 2.15. The Morgan fingerprint density at radius 1 is 1.20 bits per heavy atom. The van der Waals surface area contributed by atoms with Crippen LogP contribution in [0, 0.1) is 0 Å². The molecular formula is C14H17N3O3. The van der Waals surface area contributed by atoms with E-state index in [1.54, 1.807) is 29.2 Å². The first-order valence-corrected chi connectivity index (χ1v) is 6.41. The summed E-state index contributed by atoms with van der Waals surface area (Å²) in [5.41, 5.74) is 6.52. The number of imide groups is 1. The van der Waals surface area contributed by atoms with E-state index in [9.17, 15) is 14.4 Å². The van der Waals surface area contributed by atoms with E-state index in [1.165, 1.54) is 7.05 Å². The number of hydrogen-bond donors (Lipinski definition) is 1. The van der Waals surface area contributed by atoms with Gasteiger partial charge in [0.05, 0.1) is 13.1 Å². The van der Waals surface area contributed by atoms with Crippen molar-refractivity contribution >= 4 is 23.3 Å². The van der Waals surface area contributed by atoms with Crippen LogP contribution in [0.4, 0.5) is 5.69 Å². The van der Waals surface area contributed by atoms with E-state index in [0.29, 0.717) is 11.3 Å². The number of carbonyl (C=O) groups is 3. The number of likely N-dealkylation sites (N-methyl/N-ethyl adjacent to an activating group) is 1. The van der Waals surface area contributed by atoms with Gasteiger partial charge in [0.2, 0.25) is 11.8 Å². The molecule has 0 bridgehead atoms. The quantitative estimate of drug-likeness (QED) is 0.619. The Bertz CT molecular complexity index is 538. The van der Waals surface area contributed by atoms with Gasteiger partial charge in [-0.3, -0.25) is 19.3 Å². The minimum atomic E-state index is -0.276. The van der Waals surface area contributed by atoms with Crippen molar-refractivity contribution in [1.29, 1.82) is 0 Å². The van der Waals surface area contributed by atoms with E-state index in [0.717, 1.165) is 4.90 Å². The SMILES string of the molecule is CN1C(=O)CN(c2ccccc2C(=O)CCN)CC1=O. The highest BCUT2D eigenvalue weighted by Gasteiger charge is 2.29. The highest BCUT2D eigenvalue weighted by molar-refractivity contribution is 6.06. The fourth-order valence-electron chi connectivity index (χ4n) is 2.15. The second kappa shape index (κ2) is 5.83. The molecule has 0 saturated carbocycles. The predicted octanol–water partition coefficient (Wildman–Crippen LogP) is 0.0231. The first-order valence-electron chi connectivity index (χ1n) is 6.41. The topological polar surface area (TPSA) is 83.7 Å². The molecule has 1 saturated heterocycles. The number of ketones is 1. The van der Waals surface area contributed by atoms with Crippen LogP contribution in [0.5, 0.6) is 0 Å². The van der Waals surface area contributed by atoms with Crippen LogP contribution in [0.2, 0.25) is 0 Å². The second-order valence-corrected chi connectivity index (χ2v) is 4.68. The van der Waals surface area contributed by atoms with Gasteiger partial charge in [-0.05, 0) is 18.7 Å². The van der Waals surface area contributed by atoms with Gasteiger partial charge in [-0.15, -0.1) is 0 Å². The van der Waals surface area contributed by atoms with Gasteiger partial charge >= 0.3 is 0 Å². The van der Waals surface area contributed by atoms with Gasteiger partial charge in [-0.2, -0.15) is 0 Å². The third-order valence-corrected chi connectivity index (χ3v) is 3.32. The number of anilines is 1. The number of benzene rings is 1. The molecule has 1 aliphatic rings. The smallest absolute Gasteiger partial charge is 0.248 e. The number of nitrogens with two attached hydrogens (primary N) is 1. The van der Waals surface area contributed by atoms with Gasteiger partial charge in [0, 0.05) is 24.7 Å². The van der Waals surface area contributed by atoms with Crippen LogP contribution in [0.1, 0.15) is 16.8 Å². The normalized spacial score (nSPS) is 15.7. The molecule has 1 aromatic carbocycles. The number of para-hydroxylation sites is 1. The second-order valence-electron chi connectivity index (χ2n) is 4.68. The Labute approximate surface area is 117 Å². The maximum Gasteiger partial charge on any atom is 0.248 e. The van der Waals surface area contributed by atoms with Crippen molar-refractivity contribution in [1.82, 2.24) is 4.90 Å². The van der Waals surface area contributed by atoms with Crippen molar-refractivity contribution in [3.8, 4) is 0 Å². The Morgan fingerprint density at radius 3 is 2.40 bits per heavy atom. The summed E-state index contributed by atoms with van der Waals surface area (Å²) in [6.45, 7) is 0.456. The Morgan fingerprint density at radius 2 is 1.80 bits per heavy atom. The maximum atomic E-state index is 12.0. The van der Waals surface area contributed by atoms with Gasteiger partial charge in [-0.25, -0.2) is 0 Å². The van der Waals surface area contributed by atoms with Gasteiger partial charge < -0.3 is 10.6 Å². The van der Waals surface area contributed by atoms with E-state index in [2.05, 4.69) is 0 Å². The third-order valence-electron chi connectivity index (χ3n) is 3.32.